The molecule has 7 heteroatoms. The van der Waals surface area contributed by atoms with Crippen molar-refractivity contribution in [1.29, 1.82) is 0 Å². The number of carbonyl (C=O) groups is 1. The molecular weight excluding hydrogens is 472 g/mol. The van der Waals surface area contributed by atoms with Gasteiger partial charge in [0, 0.05) is 11.1 Å². The molecule has 0 aliphatic carbocycles. The lowest BCUT2D eigenvalue weighted by atomic mass is 10.0. The van der Waals surface area contributed by atoms with Crippen LogP contribution in [-0.2, 0) is 0 Å². The Morgan fingerprint density at radius 3 is 1.92 bits per heavy atom. The van der Waals surface area contributed by atoms with Crippen LogP contribution in [0, 0.1) is 30.2 Å². The number of esters is 1. The van der Waals surface area contributed by atoms with Gasteiger partial charge in [-0.25, -0.2) is 18.0 Å². The molecule has 0 unspecified atom stereocenters. The molecular formula is C29H20F4O3. The van der Waals surface area contributed by atoms with Gasteiger partial charge in [0.05, 0.1) is 5.56 Å². The lowest BCUT2D eigenvalue weighted by Gasteiger charge is -2.11. The van der Waals surface area contributed by atoms with Crippen molar-refractivity contribution in [2.24, 2.45) is 0 Å². The first-order chi connectivity index (χ1) is 17.3. The highest BCUT2D eigenvalue weighted by atomic mass is 19.2. The van der Waals surface area contributed by atoms with Crippen LogP contribution in [0.1, 0.15) is 15.9 Å². The molecule has 36 heavy (non-hydrogen) atoms. The highest BCUT2D eigenvalue weighted by Crippen LogP contribution is 2.32. The van der Waals surface area contributed by atoms with Crippen molar-refractivity contribution in [2.45, 2.75) is 6.92 Å². The molecule has 0 heterocycles. The Morgan fingerprint density at radius 2 is 1.31 bits per heavy atom. The molecule has 0 radical (unpaired) electrons. The topological polar surface area (TPSA) is 35.5 Å². The predicted octanol–water partition coefficient (Wildman–Crippen LogP) is 7.67. The van der Waals surface area contributed by atoms with E-state index in [-0.39, 0.29) is 29.2 Å². The van der Waals surface area contributed by atoms with Gasteiger partial charge in [-0.2, -0.15) is 4.39 Å². The molecule has 3 nitrogen and oxygen atoms in total. The molecule has 4 aromatic rings. The summed E-state index contributed by atoms with van der Waals surface area (Å²) in [4.78, 5) is 12.5. The summed E-state index contributed by atoms with van der Waals surface area (Å²) in [6.45, 7) is 5.35. The summed E-state index contributed by atoms with van der Waals surface area (Å²) >= 11 is 0. The third-order valence-corrected chi connectivity index (χ3v) is 5.44. The largest absolute Gasteiger partial charge is 0.486 e. The summed E-state index contributed by atoms with van der Waals surface area (Å²) in [7, 11) is 0. The number of halogens is 4. The first-order valence-corrected chi connectivity index (χ1v) is 10.9. The van der Waals surface area contributed by atoms with E-state index in [2.05, 4.69) is 6.58 Å². The van der Waals surface area contributed by atoms with E-state index in [0.717, 1.165) is 11.6 Å². The van der Waals surface area contributed by atoms with Crippen molar-refractivity contribution < 1.29 is 31.8 Å². The Morgan fingerprint density at radius 1 is 0.750 bits per heavy atom. The van der Waals surface area contributed by atoms with Gasteiger partial charge in [0.15, 0.2) is 23.2 Å². The lowest BCUT2D eigenvalue weighted by Crippen LogP contribution is -2.12. The maximum Gasteiger partial charge on any atom is 0.346 e. The second-order valence-corrected chi connectivity index (χ2v) is 7.91. The monoisotopic (exact) mass is 492 g/mol. The summed E-state index contributed by atoms with van der Waals surface area (Å²) in [5.41, 5.74) is 1.15. The van der Waals surface area contributed by atoms with Crippen LogP contribution in [0.5, 0.6) is 11.5 Å². The van der Waals surface area contributed by atoms with Crippen LogP contribution in [0.3, 0.4) is 0 Å². The molecule has 0 aromatic heterocycles. The van der Waals surface area contributed by atoms with E-state index in [4.69, 9.17) is 9.47 Å². The fraction of sp³-hybridized carbons (Fsp3) is 0.0690. The van der Waals surface area contributed by atoms with E-state index < -0.39 is 34.8 Å². The Hall–Kier alpha value is -4.39. The molecule has 0 amide bonds. The van der Waals surface area contributed by atoms with Gasteiger partial charge in [-0.05, 0) is 48.4 Å². The molecule has 0 saturated carbocycles. The standard InChI is InChI=1S/C29H20F4O3/c1-3-16-35-24-15-14-22(26(31)28(24)33)19-8-10-20(11-9-19)36-29(34)23-13-12-21(25(30)27(23)32)18-6-4-17(2)5-7-18/h3-15H,1,16H2,2H3. The Kier molecular flexibility index (Phi) is 7.20. The number of rotatable bonds is 7. The second-order valence-electron chi connectivity index (χ2n) is 7.91. The molecule has 0 N–H and O–H groups in total. The van der Waals surface area contributed by atoms with E-state index in [0.29, 0.717) is 11.1 Å². The third kappa shape index (κ3) is 5.00. The van der Waals surface area contributed by atoms with Crippen LogP contribution in [0.4, 0.5) is 17.6 Å². The fourth-order valence-corrected chi connectivity index (χ4v) is 3.54. The number of hydrogen-bond donors (Lipinski definition) is 0. The van der Waals surface area contributed by atoms with Crippen molar-refractivity contribution in [3.05, 3.63) is 120 Å². The average Bonchev–Trinajstić information content (AvgIpc) is 2.88. The first-order valence-electron chi connectivity index (χ1n) is 10.9. The molecule has 0 fully saturated rings. The molecule has 0 atom stereocenters. The zero-order chi connectivity index (χ0) is 25.8. The van der Waals surface area contributed by atoms with Gasteiger partial charge in [0.25, 0.3) is 0 Å². The summed E-state index contributed by atoms with van der Waals surface area (Å²) in [5.74, 6) is -6.07. The smallest absolute Gasteiger partial charge is 0.346 e. The lowest BCUT2D eigenvalue weighted by molar-refractivity contribution is 0.0728. The van der Waals surface area contributed by atoms with Crippen molar-refractivity contribution in [3.63, 3.8) is 0 Å². The highest BCUT2D eigenvalue weighted by Gasteiger charge is 2.21. The van der Waals surface area contributed by atoms with Crippen LogP contribution < -0.4 is 9.47 Å². The normalized spacial score (nSPS) is 10.7. The van der Waals surface area contributed by atoms with Crippen molar-refractivity contribution in [2.75, 3.05) is 6.61 Å². The maximum atomic E-state index is 14.7. The molecule has 0 aliphatic rings. The minimum Gasteiger partial charge on any atom is -0.486 e. The van der Waals surface area contributed by atoms with Crippen molar-refractivity contribution in [3.8, 4) is 33.8 Å². The van der Waals surface area contributed by atoms with Crippen LogP contribution >= 0.6 is 0 Å². The Balaban J connectivity index is 1.52. The highest BCUT2D eigenvalue weighted by molar-refractivity contribution is 5.92. The number of aryl methyl sites for hydroxylation is 1. The van der Waals surface area contributed by atoms with Crippen LogP contribution in [0.15, 0.2) is 85.5 Å². The van der Waals surface area contributed by atoms with E-state index in [9.17, 15) is 22.4 Å². The van der Waals surface area contributed by atoms with E-state index >= 15 is 0 Å². The van der Waals surface area contributed by atoms with Crippen molar-refractivity contribution >= 4 is 5.97 Å². The van der Waals surface area contributed by atoms with Gasteiger partial charge < -0.3 is 9.47 Å². The molecule has 0 saturated heterocycles. The van der Waals surface area contributed by atoms with Crippen LogP contribution in [0.25, 0.3) is 22.3 Å². The second kappa shape index (κ2) is 10.5. The molecule has 182 valence electrons. The SMILES string of the molecule is C=CCOc1ccc(-c2ccc(OC(=O)c3ccc(-c4ccc(C)cc4)c(F)c3F)cc2)c(F)c1F. The van der Waals surface area contributed by atoms with Gasteiger partial charge in [0.2, 0.25) is 5.82 Å². The average molecular weight is 492 g/mol. The predicted molar refractivity (Wildman–Crippen MR) is 129 cm³/mol. The quantitative estimate of drug-likeness (QED) is 0.115. The maximum absolute atomic E-state index is 14.7. The Labute approximate surface area is 205 Å². The number of carbonyl (C=O) groups excluding carboxylic acids is 1. The molecule has 4 rings (SSSR count). The molecule has 4 aromatic carbocycles. The molecule has 0 aliphatic heterocycles. The van der Waals surface area contributed by atoms with E-state index in [1.165, 1.54) is 48.5 Å². The Bertz CT molecular complexity index is 1430. The molecule has 0 spiro atoms. The summed E-state index contributed by atoms with van der Waals surface area (Å²) < 4.78 is 68.4. The van der Waals surface area contributed by atoms with Gasteiger partial charge in [0.1, 0.15) is 12.4 Å². The third-order valence-electron chi connectivity index (χ3n) is 5.44. The van der Waals surface area contributed by atoms with Crippen molar-refractivity contribution in [1.82, 2.24) is 0 Å². The summed E-state index contributed by atoms with van der Waals surface area (Å²) in [6, 6.07) is 17.4. The van der Waals surface area contributed by atoms with Crippen LogP contribution in [-0.4, -0.2) is 12.6 Å². The molecule has 0 bridgehead atoms. The number of ether oxygens (including phenoxy) is 2. The van der Waals surface area contributed by atoms with Crippen LogP contribution in [0.2, 0.25) is 0 Å². The summed E-state index contributed by atoms with van der Waals surface area (Å²) in [6.07, 6.45) is 1.41. The van der Waals surface area contributed by atoms with Gasteiger partial charge in [-0.1, -0.05) is 60.7 Å². The fourth-order valence-electron chi connectivity index (χ4n) is 3.54. The van der Waals surface area contributed by atoms with E-state index in [1.807, 2.05) is 6.92 Å². The minimum absolute atomic E-state index is 0.0120. The van der Waals surface area contributed by atoms with Gasteiger partial charge in [-0.3, -0.25) is 0 Å². The number of hydrogen-bond acceptors (Lipinski definition) is 3. The minimum atomic E-state index is -1.33. The first kappa shape index (κ1) is 24.7. The zero-order valence-electron chi connectivity index (χ0n) is 19.2. The number of benzene rings is 4. The van der Waals surface area contributed by atoms with Gasteiger partial charge >= 0.3 is 5.97 Å². The summed E-state index contributed by atoms with van der Waals surface area (Å²) in [5, 5.41) is 0. The zero-order valence-corrected chi connectivity index (χ0v) is 19.2. The van der Waals surface area contributed by atoms with Gasteiger partial charge in [-0.15, -0.1) is 0 Å². The van der Waals surface area contributed by atoms with E-state index in [1.54, 1.807) is 24.3 Å².